The normalized spacial score (nSPS) is 11.3. The number of aryl methyl sites for hydroxylation is 2. The number of para-hydroxylation sites is 2. The fourth-order valence-electron chi connectivity index (χ4n) is 4.01. The van der Waals surface area contributed by atoms with Crippen LogP contribution in [0, 0.1) is 0 Å². The van der Waals surface area contributed by atoms with Crippen LogP contribution < -0.4 is 0 Å². The fraction of sp³-hybridized carbons (Fsp3) is 0.115. The Morgan fingerprint density at radius 3 is 2.36 bits per heavy atom. The molecule has 0 aliphatic rings. The summed E-state index contributed by atoms with van der Waals surface area (Å²) in [4.78, 5) is 4.99. The summed E-state index contributed by atoms with van der Waals surface area (Å²) in [7, 11) is 0. The molecule has 0 aliphatic carbocycles. The van der Waals surface area contributed by atoms with Crippen LogP contribution in [0.25, 0.3) is 21.8 Å². The number of hydrogen-bond acceptors (Lipinski definition) is 1. The van der Waals surface area contributed by atoms with E-state index in [1.807, 2.05) is 0 Å². The molecule has 4 aromatic carbocycles. The van der Waals surface area contributed by atoms with Gasteiger partial charge < -0.3 is 4.57 Å². The van der Waals surface area contributed by atoms with Crippen molar-refractivity contribution in [1.29, 1.82) is 0 Å². The molecule has 0 saturated heterocycles. The predicted molar refractivity (Wildman–Crippen MR) is 117 cm³/mol. The zero-order valence-corrected chi connectivity index (χ0v) is 15.8. The molecule has 0 N–H and O–H groups in total. The molecule has 0 radical (unpaired) electrons. The lowest BCUT2D eigenvalue weighted by Crippen LogP contribution is -2.07. The quantitative estimate of drug-likeness (QED) is 0.374. The highest BCUT2D eigenvalue weighted by Gasteiger charge is 2.12. The summed E-state index contributed by atoms with van der Waals surface area (Å²) in [6, 6.07) is 34.3. The standard InChI is InChI=1S/C26H22N2/c1-2-9-20(10-3-1)17-18-28-25-16-7-6-15-24(25)27-26(28)19-22-13-8-12-21-11-4-5-14-23(21)22/h1-16H,17-19H2. The molecular formula is C26H22N2. The Morgan fingerprint density at radius 2 is 1.43 bits per heavy atom. The van der Waals surface area contributed by atoms with Crippen LogP contribution in [-0.2, 0) is 19.4 Å². The molecule has 2 nitrogen and oxygen atoms in total. The lowest BCUT2D eigenvalue weighted by Gasteiger charge is -2.11. The summed E-state index contributed by atoms with van der Waals surface area (Å²) in [6.07, 6.45) is 1.84. The molecule has 1 aromatic heterocycles. The van der Waals surface area contributed by atoms with E-state index in [-0.39, 0.29) is 0 Å². The molecule has 136 valence electrons. The average molecular weight is 362 g/mol. The van der Waals surface area contributed by atoms with Gasteiger partial charge in [-0.2, -0.15) is 0 Å². The van der Waals surface area contributed by atoms with E-state index >= 15 is 0 Å². The molecule has 0 fully saturated rings. The van der Waals surface area contributed by atoms with Crippen LogP contribution in [0.15, 0.2) is 97.1 Å². The molecule has 0 aliphatic heterocycles. The first kappa shape index (κ1) is 16.8. The topological polar surface area (TPSA) is 17.8 Å². The summed E-state index contributed by atoms with van der Waals surface area (Å²) in [5.41, 5.74) is 4.98. The maximum absolute atomic E-state index is 4.99. The van der Waals surface area contributed by atoms with Gasteiger partial charge in [0, 0.05) is 13.0 Å². The van der Waals surface area contributed by atoms with E-state index in [9.17, 15) is 0 Å². The first-order chi connectivity index (χ1) is 13.9. The SMILES string of the molecule is c1ccc(CCn2c(Cc3cccc4ccccc34)nc3ccccc32)cc1. The second-order valence-corrected chi connectivity index (χ2v) is 7.22. The molecule has 28 heavy (non-hydrogen) atoms. The Labute approximate surface area is 165 Å². The van der Waals surface area contributed by atoms with Gasteiger partial charge in [0.1, 0.15) is 5.82 Å². The molecule has 5 rings (SSSR count). The van der Waals surface area contributed by atoms with Gasteiger partial charge >= 0.3 is 0 Å². The van der Waals surface area contributed by atoms with E-state index < -0.39 is 0 Å². The number of benzene rings is 4. The van der Waals surface area contributed by atoms with Crippen molar-refractivity contribution in [3.63, 3.8) is 0 Å². The van der Waals surface area contributed by atoms with Crippen molar-refractivity contribution in [2.45, 2.75) is 19.4 Å². The summed E-state index contributed by atoms with van der Waals surface area (Å²) >= 11 is 0. The second-order valence-electron chi connectivity index (χ2n) is 7.22. The van der Waals surface area contributed by atoms with E-state index in [1.54, 1.807) is 0 Å². The highest BCUT2D eigenvalue weighted by molar-refractivity contribution is 5.86. The Hall–Kier alpha value is -3.39. The molecule has 0 amide bonds. The minimum atomic E-state index is 0.838. The maximum atomic E-state index is 4.99. The van der Waals surface area contributed by atoms with Crippen molar-refractivity contribution in [1.82, 2.24) is 9.55 Å². The fourth-order valence-corrected chi connectivity index (χ4v) is 4.01. The van der Waals surface area contributed by atoms with E-state index in [1.165, 1.54) is 27.4 Å². The first-order valence-electron chi connectivity index (χ1n) is 9.83. The second kappa shape index (κ2) is 7.32. The molecule has 1 heterocycles. The van der Waals surface area contributed by atoms with Gasteiger partial charge in [-0.1, -0.05) is 84.9 Å². The van der Waals surface area contributed by atoms with Crippen LogP contribution in [0.4, 0.5) is 0 Å². The molecule has 0 unspecified atom stereocenters. The molecule has 0 saturated carbocycles. The van der Waals surface area contributed by atoms with E-state index in [0.29, 0.717) is 0 Å². The van der Waals surface area contributed by atoms with Gasteiger partial charge in [-0.15, -0.1) is 0 Å². The number of rotatable bonds is 5. The zero-order chi connectivity index (χ0) is 18.8. The van der Waals surface area contributed by atoms with Gasteiger partial charge in [-0.3, -0.25) is 0 Å². The van der Waals surface area contributed by atoms with Gasteiger partial charge in [0.2, 0.25) is 0 Å². The maximum Gasteiger partial charge on any atom is 0.114 e. The number of fused-ring (bicyclic) bond motifs is 2. The predicted octanol–water partition coefficient (Wildman–Crippen LogP) is 6.02. The first-order valence-corrected chi connectivity index (χ1v) is 9.83. The minimum absolute atomic E-state index is 0.838. The van der Waals surface area contributed by atoms with Crippen molar-refractivity contribution in [3.8, 4) is 0 Å². The van der Waals surface area contributed by atoms with Crippen LogP contribution in [-0.4, -0.2) is 9.55 Å². The van der Waals surface area contributed by atoms with Crippen molar-refractivity contribution >= 4 is 21.8 Å². The summed E-state index contributed by atoms with van der Waals surface area (Å²) in [5.74, 6) is 1.13. The van der Waals surface area contributed by atoms with Crippen LogP contribution in [0.1, 0.15) is 17.0 Å². The molecule has 0 spiro atoms. The minimum Gasteiger partial charge on any atom is -0.327 e. The van der Waals surface area contributed by atoms with Gasteiger partial charge in [-0.25, -0.2) is 4.98 Å². The summed E-state index contributed by atoms with van der Waals surface area (Å²) < 4.78 is 2.39. The van der Waals surface area contributed by atoms with Crippen molar-refractivity contribution in [3.05, 3.63) is 114 Å². The summed E-state index contributed by atoms with van der Waals surface area (Å²) in [6.45, 7) is 0.935. The van der Waals surface area contributed by atoms with Crippen molar-refractivity contribution in [2.24, 2.45) is 0 Å². The third-order valence-electron chi connectivity index (χ3n) is 5.43. The number of nitrogens with zero attached hydrogens (tertiary/aromatic N) is 2. The van der Waals surface area contributed by atoms with Crippen LogP contribution in [0.5, 0.6) is 0 Å². The Kier molecular flexibility index (Phi) is 4.38. The van der Waals surface area contributed by atoms with Crippen LogP contribution >= 0.6 is 0 Å². The van der Waals surface area contributed by atoms with Gasteiger partial charge in [-0.05, 0) is 40.5 Å². The summed E-state index contributed by atoms with van der Waals surface area (Å²) in [5, 5.41) is 2.60. The highest BCUT2D eigenvalue weighted by Crippen LogP contribution is 2.24. The van der Waals surface area contributed by atoms with E-state index in [2.05, 4.69) is 102 Å². The number of hydrogen-bond donors (Lipinski definition) is 0. The number of imidazole rings is 1. The Bertz CT molecular complexity index is 1230. The zero-order valence-electron chi connectivity index (χ0n) is 15.8. The van der Waals surface area contributed by atoms with Crippen LogP contribution in [0.3, 0.4) is 0 Å². The average Bonchev–Trinajstić information content (AvgIpc) is 3.10. The largest absolute Gasteiger partial charge is 0.327 e. The molecule has 2 heteroatoms. The third kappa shape index (κ3) is 3.18. The molecule has 0 bridgehead atoms. The van der Waals surface area contributed by atoms with Crippen molar-refractivity contribution < 1.29 is 0 Å². The van der Waals surface area contributed by atoms with E-state index in [0.717, 1.165) is 30.7 Å². The lowest BCUT2D eigenvalue weighted by atomic mass is 10.0. The Balaban J connectivity index is 1.55. The smallest absolute Gasteiger partial charge is 0.114 e. The number of aromatic nitrogens is 2. The lowest BCUT2D eigenvalue weighted by molar-refractivity contribution is 0.680. The van der Waals surface area contributed by atoms with Crippen molar-refractivity contribution in [2.75, 3.05) is 0 Å². The molecule has 0 atom stereocenters. The highest BCUT2D eigenvalue weighted by atomic mass is 15.1. The molecular weight excluding hydrogens is 340 g/mol. The van der Waals surface area contributed by atoms with Gasteiger partial charge in [0.15, 0.2) is 0 Å². The van der Waals surface area contributed by atoms with E-state index in [4.69, 9.17) is 4.98 Å². The monoisotopic (exact) mass is 362 g/mol. The Morgan fingerprint density at radius 1 is 0.679 bits per heavy atom. The van der Waals surface area contributed by atoms with Crippen LogP contribution in [0.2, 0.25) is 0 Å². The van der Waals surface area contributed by atoms with Gasteiger partial charge in [0.05, 0.1) is 11.0 Å². The van der Waals surface area contributed by atoms with Gasteiger partial charge in [0.25, 0.3) is 0 Å². The molecule has 5 aromatic rings. The third-order valence-corrected chi connectivity index (χ3v) is 5.43.